The van der Waals surface area contributed by atoms with Crippen molar-refractivity contribution in [3.8, 4) is 0 Å². The maximum absolute atomic E-state index is 12.4. The summed E-state index contributed by atoms with van der Waals surface area (Å²) in [6.07, 6.45) is 5.01. The van der Waals surface area contributed by atoms with Crippen molar-refractivity contribution in [2.75, 3.05) is 44.7 Å². The molecule has 29 heavy (non-hydrogen) atoms. The van der Waals surface area contributed by atoms with Gasteiger partial charge in [0.15, 0.2) is 0 Å². The normalized spacial score (nSPS) is 20.9. The van der Waals surface area contributed by atoms with E-state index in [0.717, 1.165) is 50.4 Å². The van der Waals surface area contributed by atoms with Gasteiger partial charge < -0.3 is 20.5 Å². The SMILES string of the molecule is C=CC1=C(C=C)CN(CC(O)CNC(=O)c2ccc(NC3CCOC3)cc2)CC1. The third-order valence-corrected chi connectivity index (χ3v) is 5.41. The fourth-order valence-corrected chi connectivity index (χ4v) is 3.72. The minimum absolute atomic E-state index is 0.181. The van der Waals surface area contributed by atoms with Gasteiger partial charge in [0.1, 0.15) is 0 Å². The van der Waals surface area contributed by atoms with Crippen molar-refractivity contribution < 1.29 is 14.6 Å². The largest absolute Gasteiger partial charge is 0.390 e. The molecule has 2 atom stereocenters. The van der Waals surface area contributed by atoms with Crippen molar-refractivity contribution in [3.63, 3.8) is 0 Å². The summed E-state index contributed by atoms with van der Waals surface area (Å²) in [5.74, 6) is -0.181. The average Bonchev–Trinajstić information content (AvgIpc) is 3.25. The average molecular weight is 398 g/mol. The molecule has 3 rings (SSSR count). The van der Waals surface area contributed by atoms with Crippen molar-refractivity contribution in [3.05, 3.63) is 66.3 Å². The van der Waals surface area contributed by atoms with Gasteiger partial charge in [-0.3, -0.25) is 9.69 Å². The maximum Gasteiger partial charge on any atom is 0.251 e. The van der Waals surface area contributed by atoms with E-state index in [9.17, 15) is 9.90 Å². The molecule has 1 aromatic carbocycles. The number of aliphatic hydroxyl groups is 1. The monoisotopic (exact) mass is 397 g/mol. The number of carbonyl (C=O) groups excluding carboxylic acids is 1. The summed E-state index contributed by atoms with van der Waals surface area (Å²) in [5, 5.41) is 16.6. The maximum atomic E-state index is 12.4. The first-order valence-electron chi connectivity index (χ1n) is 10.2. The second kappa shape index (κ2) is 10.4. The molecule has 0 spiro atoms. The van der Waals surface area contributed by atoms with Gasteiger partial charge in [0.2, 0.25) is 0 Å². The molecule has 1 saturated heterocycles. The number of benzene rings is 1. The van der Waals surface area contributed by atoms with Crippen LogP contribution in [0.15, 0.2) is 60.7 Å². The molecule has 156 valence electrons. The predicted molar refractivity (Wildman–Crippen MR) is 116 cm³/mol. The number of nitrogens with zero attached hydrogens (tertiary/aromatic N) is 1. The molecule has 2 aliphatic heterocycles. The van der Waals surface area contributed by atoms with Crippen molar-refractivity contribution in [1.82, 2.24) is 10.2 Å². The van der Waals surface area contributed by atoms with Crippen LogP contribution < -0.4 is 10.6 Å². The lowest BCUT2D eigenvalue weighted by Gasteiger charge is -2.30. The lowest BCUT2D eigenvalue weighted by Crippen LogP contribution is -2.42. The van der Waals surface area contributed by atoms with E-state index in [1.165, 1.54) is 5.57 Å². The molecular weight excluding hydrogens is 366 g/mol. The van der Waals surface area contributed by atoms with Gasteiger partial charge in [0.25, 0.3) is 5.91 Å². The van der Waals surface area contributed by atoms with Crippen LogP contribution in [0, 0.1) is 0 Å². The third kappa shape index (κ3) is 6.03. The van der Waals surface area contributed by atoms with Crippen LogP contribution in [0.5, 0.6) is 0 Å². The summed E-state index contributed by atoms with van der Waals surface area (Å²) in [5.41, 5.74) is 3.93. The Hall–Kier alpha value is -2.41. The highest BCUT2D eigenvalue weighted by molar-refractivity contribution is 5.94. The van der Waals surface area contributed by atoms with E-state index in [2.05, 4.69) is 28.7 Å². The Bertz CT molecular complexity index is 751. The number of hydrogen-bond acceptors (Lipinski definition) is 5. The van der Waals surface area contributed by atoms with Crippen LogP contribution in [0.1, 0.15) is 23.2 Å². The molecule has 6 heteroatoms. The molecule has 0 saturated carbocycles. The topological polar surface area (TPSA) is 73.8 Å². The molecule has 2 unspecified atom stereocenters. The third-order valence-electron chi connectivity index (χ3n) is 5.41. The van der Waals surface area contributed by atoms with Crippen molar-refractivity contribution in [1.29, 1.82) is 0 Å². The number of aliphatic hydroxyl groups excluding tert-OH is 1. The quantitative estimate of drug-likeness (QED) is 0.597. The number of anilines is 1. The van der Waals surface area contributed by atoms with Gasteiger partial charge in [-0.1, -0.05) is 25.3 Å². The number of hydrogen-bond donors (Lipinski definition) is 3. The molecular formula is C23H31N3O3. The zero-order valence-corrected chi connectivity index (χ0v) is 16.9. The Morgan fingerprint density at radius 1 is 1.28 bits per heavy atom. The highest BCUT2D eigenvalue weighted by Gasteiger charge is 2.19. The van der Waals surface area contributed by atoms with E-state index in [-0.39, 0.29) is 12.5 Å². The molecule has 1 amide bonds. The number of β-amino-alcohol motifs (C(OH)–C–C–N with tert-alkyl or cyclic N) is 1. The molecule has 6 nitrogen and oxygen atoms in total. The lowest BCUT2D eigenvalue weighted by atomic mass is 10.00. The molecule has 0 radical (unpaired) electrons. The van der Waals surface area contributed by atoms with Gasteiger partial charge in [-0.05, 0) is 48.3 Å². The standard InChI is InChI=1S/C23H31N3O3/c1-3-17-9-11-26(14-18(17)4-2)15-22(27)13-24-23(28)19-5-7-20(8-6-19)25-21-10-12-29-16-21/h3-8,21-22,25,27H,1-2,9-16H2,(H,24,28). The zero-order valence-electron chi connectivity index (χ0n) is 16.9. The summed E-state index contributed by atoms with van der Waals surface area (Å²) >= 11 is 0. The lowest BCUT2D eigenvalue weighted by molar-refractivity contribution is 0.0865. The molecule has 1 fully saturated rings. The summed E-state index contributed by atoms with van der Waals surface area (Å²) in [6, 6.07) is 7.72. The number of rotatable bonds is 9. The molecule has 0 aliphatic carbocycles. The number of carbonyl (C=O) groups is 1. The molecule has 2 aliphatic rings. The molecule has 3 N–H and O–H groups in total. The van der Waals surface area contributed by atoms with Gasteiger partial charge in [-0.2, -0.15) is 0 Å². The first-order valence-corrected chi connectivity index (χ1v) is 10.2. The fourth-order valence-electron chi connectivity index (χ4n) is 3.72. The highest BCUT2D eigenvalue weighted by atomic mass is 16.5. The minimum Gasteiger partial charge on any atom is -0.390 e. The number of nitrogens with one attached hydrogen (secondary N) is 2. The second-order valence-corrected chi connectivity index (χ2v) is 7.59. The van der Waals surface area contributed by atoms with E-state index in [1.807, 2.05) is 24.3 Å². The van der Waals surface area contributed by atoms with E-state index < -0.39 is 6.10 Å². The molecule has 2 heterocycles. The van der Waals surface area contributed by atoms with E-state index >= 15 is 0 Å². The Kier molecular flexibility index (Phi) is 7.63. The first-order chi connectivity index (χ1) is 14.1. The number of ether oxygens (including phenoxy) is 1. The Balaban J connectivity index is 1.43. The van der Waals surface area contributed by atoms with Crippen LogP contribution in [0.3, 0.4) is 0 Å². The van der Waals surface area contributed by atoms with E-state index in [4.69, 9.17) is 4.74 Å². The summed E-state index contributed by atoms with van der Waals surface area (Å²) in [7, 11) is 0. The van der Waals surface area contributed by atoms with E-state index in [0.29, 0.717) is 18.2 Å². The Labute approximate surface area is 172 Å². The summed E-state index contributed by atoms with van der Waals surface area (Å²) < 4.78 is 5.36. The van der Waals surface area contributed by atoms with E-state index in [1.54, 1.807) is 12.1 Å². The fraction of sp³-hybridized carbons (Fsp3) is 0.435. The smallest absolute Gasteiger partial charge is 0.251 e. The van der Waals surface area contributed by atoms with Gasteiger partial charge in [0.05, 0.1) is 18.8 Å². The van der Waals surface area contributed by atoms with Gasteiger partial charge >= 0.3 is 0 Å². The van der Waals surface area contributed by atoms with Gasteiger partial charge in [0, 0.05) is 44.0 Å². The van der Waals surface area contributed by atoms with Crippen molar-refractivity contribution >= 4 is 11.6 Å². The van der Waals surface area contributed by atoms with Gasteiger partial charge in [-0.25, -0.2) is 0 Å². The van der Waals surface area contributed by atoms with Crippen molar-refractivity contribution in [2.45, 2.75) is 25.0 Å². The van der Waals surface area contributed by atoms with Crippen LogP contribution in [0.25, 0.3) is 0 Å². The summed E-state index contributed by atoms with van der Waals surface area (Å²) in [4.78, 5) is 14.5. The van der Waals surface area contributed by atoms with Crippen molar-refractivity contribution in [2.24, 2.45) is 0 Å². The first kappa shape index (κ1) is 21.3. The van der Waals surface area contributed by atoms with Gasteiger partial charge in [-0.15, -0.1) is 0 Å². The predicted octanol–water partition coefficient (Wildman–Crippen LogP) is 2.35. The Morgan fingerprint density at radius 3 is 2.69 bits per heavy atom. The van der Waals surface area contributed by atoms with Crippen LogP contribution in [-0.4, -0.2) is 67.5 Å². The minimum atomic E-state index is -0.626. The highest BCUT2D eigenvalue weighted by Crippen LogP contribution is 2.19. The molecule has 1 aromatic rings. The summed E-state index contributed by atoms with van der Waals surface area (Å²) in [6.45, 7) is 11.6. The Morgan fingerprint density at radius 2 is 2.03 bits per heavy atom. The number of allylic oxidation sites excluding steroid dienone is 1. The van der Waals surface area contributed by atoms with Crippen LogP contribution in [0.2, 0.25) is 0 Å². The van der Waals surface area contributed by atoms with Crippen LogP contribution in [0.4, 0.5) is 5.69 Å². The van der Waals surface area contributed by atoms with Crippen LogP contribution >= 0.6 is 0 Å². The molecule has 0 aromatic heterocycles. The van der Waals surface area contributed by atoms with Crippen LogP contribution in [-0.2, 0) is 4.74 Å². The second-order valence-electron chi connectivity index (χ2n) is 7.59. The molecule has 0 bridgehead atoms. The zero-order chi connectivity index (χ0) is 20.6. The number of amides is 1.